The third-order valence-corrected chi connectivity index (χ3v) is 3.72. The van der Waals surface area contributed by atoms with Gasteiger partial charge in [0.1, 0.15) is 16.0 Å². The van der Waals surface area contributed by atoms with Crippen molar-refractivity contribution in [2.75, 3.05) is 14.2 Å². The van der Waals surface area contributed by atoms with Gasteiger partial charge in [0.05, 0.1) is 37.8 Å². The Balaban J connectivity index is 2.46. The molecule has 1 aromatic carbocycles. The van der Waals surface area contributed by atoms with Crippen LogP contribution < -0.4 is 15.2 Å². The number of ether oxygens (including phenoxy) is 2. The molecule has 0 radical (unpaired) electrons. The van der Waals surface area contributed by atoms with E-state index in [0.29, 0.717) is 17.2 Å². The van der Waals surface area contributed by atoms with Gasteiger partial charge in [0.25, 0.3) is 0 Å². The second-order valence-corrected chi connectivity index (χ2v) is 5.06. The van der Waals surface area contributed by atoms with Crippen LogP contribution in [0.5, 0.6) is 11.5 Å². The number of hydrogen-bond acceptors (Lipinski definition) is 5. The first-order valence-corrected chi connectivity index (χ1v) is 6.82. The van der Waals surface area contributed by atoms with Crippen LogP contribution in [-0.4, -0.2) is 24.2 Å². The molecular formula is C14H16BrN3O2. The lowest BCUT2D eigenvalue weighted by Gasteiger charge is -2.18. The van der Waals surface area contributed by atoms with E-state index >= 15 is 0 Å². The second kappa shape index (κ2) is 6.19. The number of halogens is 1. The molecule has 0 fully saturated rings. The molecule has 1 atom stereocenters. The number of rotatable bonds is 4. The van der Waals surface area contributed by atoms with Crippen LogP contribution in [0.4, 0.5) is 0 Å². The molecule has 2 aromatic rings. The maximum absolute atomic E-state index is 6.26. The molecule has 2 rings (SSSR count). The largest absolute Gasteiger partial charge is 0.495 e. The van der Waals surface area contributed by atoms with Gasteiger partial charge in [0, 0.05) is 11.8 Å². The number of nitrogens with two attached hydrogens (primary N) is 1. The summed E-state index contributed by atoms with van der Waals surface area (Å²) >= 11 is 3.46. The predicted octanol–water partition coefficient (Wildman–Crippen LogP) is 2.61. The van der Waals surface area contributed by atoms with E-state index in [0.717, 1.165) is 15.7 Å². The highest BCUT2D eigenvalue weighted by molar-refractivity contribution is 9.10. The summed E-state index contributed by atoms with van der Waals surface area (Å²) in [7, 11) is 3.20. The van der Waals surface area contributed by atoms with Crippen LogP contribution in [0, 0.1) is 6.92 Å². The van der Waals surface area contributed by atoms with Crippen molar-refractivity contribution >= 4 is 15.9 Å². The third kappa shape index (κ3) is 2.76. The number of benzene rings is 1. The molecule has 6 heteroatoms. The summed E-state index contributed by atoms with van der Waals surface area (Å²) in [5, 5.41) is 0. The van der Waals surface area contributed by atoms with Gasteiger partial charge in [-0.2, -0.15) is 0 Å². The number of nitrogens with zero attached hydrogens (tertiary/aromatic N) is 2. The lowest BCUT2D eigenvalue weighted by atomic mass is 10.0. The van der Waals surface area contributed by atoms with Crippen LogP contribution in [0.15, 0.2) is 29.0 Å². The molecule has 0 amide bonds. The quantitative estimate of drug-likeness (QED) is 0.928. The van der Waals surface area contributed by atoms with Crippen molar-refractivity contribution in [1.29, 1.82) is 0 Å². The van der Waals surface area contributed by atoms with Crippen molar-refractivity contribution in [3.8, 4) is 11.5 Å². The van der Waals surface area contributed by atoms with E-state index in [2.05, 4.69) is 25.9 Å². The van der Waals surface area contributed by atoms with Gasteiger partial charge in [-0.25, -0.2) is 0 Å². The molecule has 0 saturated heterocycles. The maximum atomic E-state index is 6.26. The second-order valence-electron chi connectivity index (χ2n) is 4.26. The summed E-state index contributed by atoms with van der Waals surface area (Å²) in [5.41, 5.74) is 8.61. The van der Waals surface area contributed by atoms with Crippen LogP contribution in [0.1, 0.15) is 23.0 Å². The van der Waals surface area contributed by atoms with Crippen LogP contribution >= 0.6 is 15.9 Å². The summed E-state index contributed by atoms with van der Waals surface area (Å²) < 4.78 is 11.4. The maximum Gasteiger partial charge on any atom is 0.141 e. The first kappa shape index (κ1) is 14.7. The SMILES string of the molecule is COc1ccc(C(N)c2cnc(C)cn2)c(OC)c1Br. The van der Waals surface area contributed by atoms with E-state index in [1.165, 1.54) is 0 Å². The molecule has 5 nitrogen and oxygen atoms in total. The fourth-order valence-electron chi connectivity index (χ4n) is 1.89. The average molecular weight is 338 g/mol. The monoisotopic (exact) mass is 337 g/mol. The Bertz CT molecular complexity index is 602. The standard InChI is InChI=1S/C14H16BrN3O2/c1-8-6-18-10(7-17-8)13(16)9-4-5-11(19-2)12(15)14(9)20-3/h4-7,13H,16H2,1-3H3. The van der Waals surface area contributed by atoms with E-state index in [4.69, 9.17) is 15.2 Å². The summed E-state index contributed by atoms with van der Waals surface area (Å²) in [4.78, 5) is 8.53. The number of methoxy groups -OCH3 is 2. The first-order chi connectivity index (χ1) is 9.58. The number of aromatic nitrogens is 2. The molecule has 0 aliphatic heterocycles. The molecule has 1 aromatic heterocycles. The Morgan fingerprint density at radius 1 is 1.15 bits per heavy atom. The van der Waals surface area contributed by atoms with Gasteiger partial charge in [-0.3, -0.25) is 9.97 Å². The van der Waals surface area contributed by atoms with Gasteiger partial charge in [0.15, 0.2) is 0 Å². The molecular weight excluding hydrogens is 322 g/mol. The topological polar surface area (TPSA) is 70.3 Å². The highest BCUT2D eigenvalue weighted by atomic mass is 79.9. The summed E-state index contributed by atoms with van der Waals surface area (Å²) in [6, 6.07) is 3.29. The molecule has 2 N–H and O–H groups in total. The van der Waals surface area contributed by atoms with Gasteiger partial charge >= 0.3 is 0 Å². The summed E-state index contributed by atoms with van der Waals surface area (Å²) in [5.74, 6) is 1.33. The fraction of sp³-hybridized carbons (Fsp3) is 0.286. The van der Waals surface area contributed by atoms with E-state index in [-0.39, 0.29) is 0 Å². The smallest absolute Gasteiger partial charge is 0.141 e. The average Bonchev–Trinajstić information content (AvgIpc) is 2.47. The zero-order valence-electron chi connectivity index (χ0n) is 11.6. The Kier molecular flexibility index (Phi) is 4.57. The Morgan fingerprint density at radius 2 is 1.90 bits per heavy atom. The van der Waals surface area contributed by atoms with E-state index in [1.54, 1.807) is 26.6 Å². The van der Waals surface area contributed by atoms with Crippen molar-refractivity contribution in [1.82, 2.24) is 9.97 Å². The lowest BCUT2D eigenvalue weighted by molar-refractivity contribution is 0.385. The summed E-state index contributed by atoms with van der Waals surface area (Å²) in [6.45, 7) is 1.88. The minimum Gasteiger partial charge on any atom is -0.495 e. The minimum atomic E-state index is -0.416. The highest BCUT2D eigenvalue weighted by Gasteiger charge is 2.20. The molecule has 20 heavy (non-hydrogen) atoms. The number of hydrogen-bond donors (Lipinski definition) is 1. The molecule has 0 aliphatic carbocycles. The molecule has 0 bridgehead atoms. The van der Waals surface area contributed by atoms with E-state index in [1.807, 2.05) is 19.1 Å². The zero-order chi connectivity index (χ0) is 14.7. The first-order valence-electron chi connectivity index (χ1n) is 6.03. The van der Waals surface area contributed by atoms with Gasteiger partial charge < -0.3 is 15.2 Å². The summed E-state index contributed by atoms with van der Waals surface area (Å²) in [6.07, 6.45) is 3.37. The van der Waals surface area contributed by atoms with Gasteiger partial charge in [0.2, 0.25) is 0 Å². The fourth-order valence-corrected chi connectivity index (χ4v) is 2.57. The predicted molar refractivity (Wildman–Crippen MR) is 80.0 cm³/mol. The molecule has 1 heterocycles. The van der Waals surface area contributed by atoms with Crippen molar-refractivity contribution < 1.29 is 9.47 Å². The Morgan fingerprint density at radius 3 is 2.45 bits per heavy atom. The van der Waals surface area contributed by atoms with Crippen LogP contribution in [0.25, 0.3) is 0 Å². The van der Waals surface area contributed by atoms with Crippen molar-refractivity contribution in [3.05, 3.63) is 46.0 Å². The molecule has 0 aliphatic rings. The molecule has 1 unspecified atom stereocenters. The van der Waals surface area contributed by atoms with Gasteiger partial charge in [-0.05, 0) is 35.0 Å². The third-order valence-electron chi connectivity index (χ3n) is 2.97. The van der Waals surface area contributed by atoms with Crippen LogP contribution in [0.3, 0.4) is 0 Å². The van der Waals surface area contributed by atoms with E-state index in [9.17, 15) is 0 Å². The number of aryl methyl sites for hydroxylation is 1. The normalized spacial score (nSPS) is 12.1. The molecule has 106 valence electrons. The molecule has 0 saturated carbocycles. The minimum absolute atomic E-state index is 0.416. The Labute approximate surface area is 126 Å². The van der Waals surface area contributed by atoms with Crippen molar-refractivity contribution in [2.45, 2.75) is 13.0 Å². The van der Waals surface area contributed by atoms with Crippen LogP contribution in [-0.2, 0) is 0 Å². The van der Waals surface area contributed by atoms with Crippen LogP contribution in [0.2, 0.25) is 0 Å². The Hall–Kier alpha value is -1.66. The highest BCUT2D eigenvalue weighted by Crippen LogP contribution is 2.40. The van der Waals surface area contributed by atoms with Gasteiger partial charge in [-0.1, -0.05) is 0 Å². The van der Waals surface area contributed by atoms with E-state index < -0.39 is 6.04 Å². The lowest BCUT2D eigenvalue weighted by Crippen LogP contribution is -2.15. The molecule has 0 spiro atoms. The van der Waals surface area contributed by atoms with Crippen molar-refractivity contribution in [3.63, 3.8) is 0 Å². The zero-order valence-corrected chi connectivity index (χ0v) is 13.1. The van der Waals surface area contributed by atoms with Crippen molar-refractivity contribution in [2.24, 2.45) is 5.73 Å². The van der Waals surface area contributed by atoms with Gasteiger partial charge in [-0.15, -0.1) is 0 Å².